The summed E-state index contributed by atoms with van der Waals surface area (Å²) in [6.45, 7) is 10.6. The number of aliphatic hydroxyl groups is 1. The third-order valence-electron chi connectivity index (χ3n) is 2.68. The quantitative estimate of drug-likeness (QED) is 0.654. The molecule has 0 bridgehead atoms. The van der Waals surface area contributed by atoms with Crippen LogP contribution in [0.3, 0.4) is 0 Å². The van der Waals surface area contributed by atoms with Crippen LogP contribution in [0.2, 0.25) is 0 Å². The van der Waals surface area contributed by atoms with Crippen LogP contribution in [0.1, 0.15) is 40.5 Å². The molecule has 0 radical (unpaired) electrons. The minimum Gasteiger partial charge on any atom is -0.391 e. The first-order valence-electron chi connectivity index (χ1n) is 6.03. The van der Waals surface area contributed by atoms with E-state index in [-0.39, 0.29) is 0 Å². The molecule has 0 heterocycles. The lowest BCUT2D eigenvalue weighted by Gasteiger charge is -2.33. The maximum absolute atomic E-state index is 9.61. The highest BCUT2D eigenvalue weighted by molar-refractivity contribution is 6.18. The first kappa shape index (κ1) is 15.2. The predicted molar refractivity (Wildman–Crippen MR) is 67.5 cm³/mol. The SMILES string of the molecule is CCC(CC)N(CC(C)C)CC(O)CCl. The van der Waals surface area contributed by atoms with Crippen molar-refractivity contribution in [1.82, 2.24) is 4.90 Å². The smallest absolute Gasteiger partial charge is 0.0802 e. The van der Waals surface area contributed by atoms with Crippen LogP contribution in [0.15, 0.2) is 0 Å². The lowest BCUT2D eigenvalue weighted by molar-refractivity contribution is 0.0869. The molecule has 0 aromatic heterocycles. The average molecular weight is 236 g/mol. The highest BCUT2D eigenvalue weighted by Crippen LogP contribution is 2.12. The van der Waals surface area contributed by atoms with E-state index in [4.69, 9.17) is 11.6 Å². The van der Waals surface area contributed by atoms with E-state index in [0.717, 1.165) is 19.4 Å². The van der Waals surface area contributed by atoms with E-state index in [2.05, 4.69) is 32.6 Å². The van der Waals surface area contributed by atoms with E-state index in [9.17, 15) is 5.11 Å². The van der Waals surface area contributed by atoms with Crippen molar-refractivity contribution in [2.45, 2.75) is 52.7 Å². The normalized spacial score (nSPS) is 14.2. The molecule has 0 aliphatic carbocycles. The summed E-state index contributed by atoms with van der Waals surface area (Å²) in [7, 11) is 0. The summed E-state index contributed by atoms with van der Waals surface area (Å²) < 4.78 is 0. The van der Waals surface area contributed by atoms with Crippen molar-refractivity contribution in [1.29, 1.82) is 0 Å². The first-order valence-corrected chi connectivity index (χ1v) is 6.56. The highest BCUT2D eigenvalue weighted by atomic mass is 35.5. The molecule has 1 N–H and O–H groups in total. The van der Waals surface area contributed by atoms with Gasteiger partial charge in [-0.25, -0.2) is 0 Å². The number of hydrogen-bond acceptors (Lipinski definition) is 2. The summed E-state index contributed by atoms with van der Waals surface area (Å²) in [6, 6.07) is 0.574. The van der Waals surface area contributed by atoms with Crippen LogP contribution in [0.4, 0.5) is 0 Å². The molecule has 0 amide bonds. The second-order valence-electron chi connectivity index (χ2n) is 4.63. The van der Waals surface area contributed by atoms with Gasteiger partial charge in [-0.1, -0.05) is 27.7 Å². The molecule has 3 heteroatoms. The third-order valence-corrected chi connectivity index (χ3v) is 3.04. The topological polar surface area (TPSA) is 23.5 Å². The molecule has 0 saturated heterocycles. The third kappa shape index (κ3) is 6.39. The molecule has 0 aromatic rings. The van der Waals surface area contributed by atoms with Gasteiger partial charge in [-0.3, -0.25) is 4.90 Å². The van der Waals surface area contributed by atoms with Gasteiger partial charge < -0.3 is 5.11 Å². The standard InChI is InChI=1S/C12H26ClNO/c1-5-11(6-2)14(8-10(3)4)9-12(15)7-13/h10-12,15H,5-9H2,1-4H3. The Hall–Kier alpha value is 0.210. The Balaban J connectivity index is 4.27. The molecule has 0 aliphatic heterocycles. The molecule has 0 saturated carbocycles. The largest absolute Gasteiger partial charge is 0.391 e. The van der Waals surface area contributed by atoms with Crippen molar-refractivity contribution in [3.05, 3.63) is 0 Å². The van der Waals surface area contributed by atoms with Crippen molar-refractivity contribution < 1.29 is 5.11 Å². The van der Waals surface area contributed by atoms with Crippen molar-refractivity contribution in [3.8, 4) is 0 Å². The van der Waals surface area contributed by atoms with Gasteiger partial charge >= 0.3 is 0 Å². The number of alkyl halides is 1. The van der Waals surface area contributed by atoms with Gasteiger partial charge in [-0.15, -0.1) is 11.6 Å². The summed E-state index contributed by atoms with van der Waals surface area (Å²) in [5.41, 5.74) is 0. The van der Waals surface area contributed by atoms with Gasteiger partial charge in [0, 0.05) is 25.0 Å². The molecule has 0 fully saturated rings. The van der Waals surface area contributed by atoms with Gasteiger partial charge in [0.15, 0.2) is 0 Å². The maximum Gasteiger partial charge on any atom is 0.0802 e. The molecule has 0 aromatic carbocycles. The molecule has 2 nitrogen and oxygen atoms in total. The Labute approximate surface area is 99.6 Å². The average Bonchev–Trinajstić information content (AvgIpc) is 2.18. The molecule has 92 valence electrons. The van der Waals surface area contributed by atoms with Gasteiger partial charge in [0.1, 0.15) is 0 Å². The van der Waals surface area contributed by atoms with Crippen LogP contribution in [-0.2, 0) is 0 Å². The van der Waals surface area contributed by atoms with Crippen LogP contribution in [-0.4, -0.2) is 41.1 Å². The van der Waals surface area contributed by atoms with Crippen LogP contribution in [0, 0.1) is 5.92 Å². The van der Waals surface area contributed by atoms with Crippen molar-refractivity contribution >= 4 is 11.6 Å². The van der Waals surface area contributed by atoms with Crippen molar-refractivity contribution in [2.75, 3.05) is 19.0 Å². The summed E-state index contributed by atoms with van der Waals surface area (Å²) >= 11 is 5.65. The Bertz CT molecular complexity index is 149. The van der Waals surface area contributed by atoms with E-state index >= 15 is 0 Å². The lowest BCUT2D eigenvalue weighted by Crippen LogP contribution is -2.42. The summed E-state index contributed by atoms with van der Waals surface area (Å²) in [5.74, 6) is 0.961. The fraction of sp³-hybridized carbons (Fsp3) is 1.00. The molecular formula is C12H26ClNO. The highest BCUT2D eigenvalue weighted by Gasteiger charge is 2.18. The number of halogens is 1. The lowest BCUT2D eigenvalue weighted by atomic mass is 10.1. The monoisotopic (exact) mass is 235 g/mol. The maximum atomic E-state index is 9.61. The predicted octanol–water partition coefficient (Wildman–Crippen LogP) is 2.73. The van der Waals surface area contributed by atoms with Gasteiger partial charge in [-0.2, -0.15) is 0 Å². The minimum atomic E-state index is -0.397. The van der Waals surface area contributed by atoms with Gasteiger partial charge in [0.05, 0.1) is 6.10 Å². The van der Waals surface area contributed by atoms with E-state index in [1.54, 1.807) is 0 Å². The molecule has 15 heavy (non-hydrogen) atoms. The second-order valence-corrected chi connectivity index (χ2v) is 4.93. The zero-order chi connectivity index (χ0) is 11.8. The summed E-state index contributed by atoms with van der Waals surface area (Å²) in [4.78, 5) is 2.37. The van der Waals surface area contributed by atoms with E-state index in [0.29, 0.717) is 24.4 Å². The van der Waals surface area contributed by atoms with E-state index in [1.165, 1.54) is 0 Å². The number of rotatable bonds is 8. The van der Waals surface area contributed by atoms with Crippen LogP contribution >= 0.6 is 11.6 Å². The number of nitrogens with zero attached hydrogens (tertiary/aromatic N) is 1. The molecule has 0 aliphatic rings. The molecular weight excluding hydrogens is 210 g/mol. The van der Waals surface area contributed by atoms with E-state index in [1.807, 2.05) is 0 Å². The summed E-state index contributed by atoms with van der Waals surface area (Å²) in [6.07, 6.45) is 1.88. The second kappa shape index (κ2) is 8.37. The van der Waals surface area contributed by atoms with Crippen molar-refractivity contribution in [2.24, 2.45) is 5.92 Å². The Morgan fingerprint density at radius 1 is 1.13 bits per heavy atom. The van der Waals surface area contributed by atoms with E-state index < -0.39 is 6.10 Å². The Morgan fingerprint density at radius 3 is 2.00 bits per heavy atom. The fourth-order valence-electron chi connectivity index (χ4n) is 1.97. The van der Waals surface area contributed by atoms with Crippen molar-refractivity contribution in [3.63, 3.8) is 0 Å². The zero-order valence-electron chi connectivity index (χ0n) is 10.5. The zero-order valence-corrected chi connectivity index (χ0v) is 11.3. The number of aliphatic hydroxyl groups excluding tert-OH is 1. The Morgan fingerprint density at radius 2 is 1.67 bits per heavy atom. The first-order chi connectivity index (χ1) is 7.04. The fourth-order valence-corrected chi connectivity index (χ4v) is 2.06. The molecule has 0 rings (SSSR count). The summed E-state index contributed by atoms with van der Waals surface area (Å²) in [5, 5.41) is 9.61. The van der Waals surface area contributed by atoms with Crippen LogP contribution in [0.25, 0.3) is 0 Å². The number of hydrogen-bond donors (Lipinski definition) is 1. The van der Waals surface area contributed by atoms with Gasteiger partial charge in [0.2, 0.25) is 0 Å². The molecule has 1 atom stereocenters. The molecule has 0 spiro atoms. The minimum absolute atomic E-state index is 0.328. The molecule has 1 unspecified atom stereocenters. The van der Waals surface area contributed by atoms with Gasteiger partial charge in [0.25, 0.3) is 0 Å². The van der Waals surface area contributed by atoms with Gasteiger partial charge in [-0.05, 0) is 18.8 Å². The Kier molecular flexibility index (Phi) is 8.49. The van der Waals surface area contributed by atoms with Crippen LogP contribution < -0.4 is 0 Å². The van der Waals surface area contributed by atoms with Crippen LogP contribution in [0.5, 0.6) is 0 Å².